The van der Waals surface area contributed by atoms with Crippen LogP contribution in [0.15, 0.2) is 17.4 Å². The number of aromatic nitrogens is 5. The number of nitrogens with two attached hydrogens (primary N) is 1. The molecule has 9 nitrogen and oxygen atoms in total. The second kappa shape index (κ2) is 4.88. The normalized spacial score (nSPS) is 11.7. The van der Waals surface area contributed by atoms with Gasteiger partial charge in [-0.2, -0.15) is 15.2 Å². The van der Waals surface area contributed by atoms with Gasteiger partial charge in [0.25, 0.3) is 10.0 Å². The van der Waals surface area contributed by atoms with Crippen molar-refractivity contribution < 1.29 is 8.42 Å². The van der Waals surface area contributed by atoms with Gasteiger partial charge in [-0.05, 0) is 6.42 Å². The van der Waals surface area contributed by atoms with Gasteiger partial charge in [-0.3, -0.25) is 4.68 Å². The van der Waals surface area contributed by atoms with Crippen LogP contribution in [0.5, 0.6) is 0 Å². The van der Waals surface area contributed by atoms with Crippen LogP contribution in [-0.2, 0) is 23.6 Å². The molecule has 0 bridgehead atoms. The van der Waals surface area contributed by atoms with Crippen LogP contribution in [0.1, 0.15) is 13.3 Å². The van der Waals surface area contributed by atoms with Crippen molar-refractivity contribution in [3.8, 4) is 0 Å². The number of nitrogen functional groups attached to an aromatic ring is 1. The van der Waals surface area contributed by atoms with Crippen molar-refractivity contribution in [1.29, 1.82) is 0 Å². The van der Waals surface area contributed by atoms with E-state index in [1.54, 1.807) is 7.05 Å². The van der Waals surface area contributed by atoms with Crippen LogP contribution in [0.4, 0.5) is 11.8 Å². The Morgan fingerprint density at radius 2 is 2.21 bits per heavy atom. The predicted molar refractivity (Wildman–Crippen MR) is 68.7 cm³/mol. The van der Waals surface area contributed by atoms with E-state index in [0.29, 0.717) is 6.54 Å². The third-order valence-corrected chi connectivity index (χ3v) is 3.78. The summed E-state index contributed by atoms with van der Waals surface area (Å²) in [6.07, 6.45) is 3.48. The highest BCUT2D eigenvalue weighted by molar-refractivity contribution is 7.92. The molecule has 3 N–H and O–H groups in total. The molecular formula is C9H15N7O2S. The van der Waals surface area contributed by atoms with Gasteiger partial charge in [0.2, 0.25) is 5.95 Å². The number of hydrogen-bond acceptors (Lipinski definition) is 6. The van der Waals surface area contributed by atoms with Gasteiger partial charge in [0.05, 0.1) is 0 Å². The van der Waals surface area contributed by atoms with E-state index in [4.69, 9.17) is 5.73 Å². The van der Waals surface area contributed by atoms with Crippen LogP contribution >= 0.6 is 0 Å². The molecule has 0 atom stereocenters. The molecule has 0 fully saturated rings. The Kier molecular flexibility index (Phi) is 3.42. The van der Waals surface area contributed by atoms with Crippen LogP contribution in [0, 0.1) is 0 Å². The minimum Gasteiger partial charge on any atom is -0.381 e. The van der Waals surface area contributed by atoms with Crippen molar-refractivity contribution >= 4 is 21.8 Å². The average Bonchev–Trinajstić information content (AvgIpc) is 2.87. The van der Waals surface area contributed by atoms with Crippen molar-refractivity contribution in [2.75, 3.05) is 10.5 Å². The van der Waals surface area contributed by atoms with E-state index in [-0.39, 0.29) is 16.7 Å². The lowest BCUT2D eigenvalue weighted by atomic mass is 10.5. The standard InChI is InChI=1S/C9H15N7O2S/c1-3-4-16-5-7(8(10)13-16)19(17,18)14-9-11-6-12-15(9)2/h5-6H,3-4H2,1-2H3,(H2,10,13)(H,11,12,14). The van der Waals surface area contributed by atoms with Gasteiger partial charge in [-0.25, -0.2) is 17.8 Å². The maximum Gasteiger partial charge on any atom is 0.269 e. The predicted octanol–water partition coefficient (Wildman–Crippen LogP) is -0.195. The van der Waals surface area contributed by atoms with Crippen molar-refractivity contribution in [2.24, 2.45) is 7.05 Å². The lowest BCUT2D eigenvalue weighted by Crippen LogP contribution is -2.16. The van der Waals surface area contributed by atoms with Crippen molar-refractivity contribution in [3.63, 3.8) is 0 Å². The molecule has 0 aromatic carbocycles. The second-order valence-corrected chi connectivity index (χ2v) is 5.61. The van der Waals surface area contributed by atoms with Gasteiger partial charge >= 0.3 is 0 Å². The topological polar surface area (TPSA) is 121 Å². The summed E-state index contributed by atoms with van der Waals surface area (Å²) in [5, 5.41) is 7.73. The molecule has 10 heteroatoms. The van der Waals surface area contributed by atoms with Gasteiger partial charge < -0.3 is 5.73 Å². The van der Waals surface area contributed by atoms with E-state index in [1.165, 1.54) is 21.9 Å². The van der Waals surface area contributed by atoms with Gasteiger partial charge in [0.1, 0.15) is 11.2 Å². The summed E-state index contributed by atoms with van der Waals surface area (Å²) >= 11 is 0. The Labute approximate surface area is 110 Å². The first kappa shape index (κ1) is 13.3. The lowest BCUT2D eigenvalue weighted by Gasteiger charge is -2.04. The van der Waals surface area contributed by atoms with E-state index in [0.717, 1.165) is 6.42 Å². The molecule has 2 aromatic heterocycles. The Hall–Kier alpha value is -2.10. The number of nitrogens with zero attached hydrogens (tertiary/aromatic N) is 5. The Bertz CT molecular complexity index is 673. The molecule has 0 aliphatic heterocycles. The molecule has 104 valence electrons. The number of rotatable bonds is 5. The summed E-state index contributed by atoms with van der Waals surface area (Å²) in [5.41, 5.74) is 5.63. The minimum absolute atomic E-state index is 0.0388. The molecule has 2 rings (SSSR count). The second-order valence-electron chi connectivity index (χ2n) is 3.95. The third kappa shape index (κ3) is 2.67. The number of nitrogens with one attached hydrogen (secondary N) is 1. The molecular weight excluding hydrogens is 270 g/mol. The van der Waals surface area contributed by atoms with Crippen molar-refractivity contribution in [2.45, 2.75) is 24.8 Å². The summed E-state index contributed by atoms with van der Waals surface area (Å²) in [7, 11) is -2.24. The smallest absolute Gasteiger partial charge is 0.269 e. The van der Waals surface area contributed by atoms with E-state index < -0.39 is 10.0 Å². The Morgan fingerprint density at radius 1 is 1.47 bits per heavy atom. The van der Waals surface area contributed by atoms with Gasteiger partial charge in [0, 0.05) is 19.8 Å². The first-order chi connectivity index (χ1) is 8.94. The molecule has 0 saturated carbocycles. The van der Waals surface area contributed by atoms with Crippen LogP contribution in [0.25, 0.3) is 0 Å². The zero-order valence-corrected chi connectivity index (χ0v) is 11.4. The summed E-state index contributed by atoms with van der Waals surface area (Å²) in [4.78, 5) is 3.73. The summed E-state index contributed by atoms with van der Waals surface area (Å²) in [6.45, 7) is 2.56. The largest absolute Gasteiger partial charge is 0.381 e. The zero-order chi connectivity index (χ0) is 14.0. The summed E-state index contributed by atoms with van der Waals surface area (Å²) < 4.78 is 29.4. The molecule has 0 radical (unpaired) electrons. The van der Waals surface area contributed by atoms with E-state index in [1.807, 2.05) is 6.92 Å². The Morgan fingerprint density at radius 3 is 2.79 bits per heavy atom. The summed E-state index contributed by atoms with van der Waals surface area (Å²) in [5.74, 6) is 0.0748. The van der Waals surface area contributed by atoms with Crippen LogP contribution in [-0.4, -0.2) is 33.0 Å². The third-order valence-electron chi connectivity index (χ3n) is 2.43. The SMILES string of the molecule is CCCn1cc(S(=O)(=O)Nc2ncnn2C)c(N)n1. The highest BCUT2D eigenvalue weighted by Gasteiger charge is 2.22. The molecule has 2 heterocycles. The highest BCUT2D eigenvalue weighted by atomic mass is 32.2. The molecule has 0 amide bonds. The fourth-order valence-electron chi connectivity index (χ4n) is 1.53. The van der Waals surface area contributed by atoms with Crippen LogP contribution in [0.2, 0.25) is 0 Å². The van der Waals surface area contributed by atoms with Gasteiger partial charge in [0.15, 0.2) is 5.82 Å². The number of sulfonamides is 1. The molecule has 0 aliphatic rings. The molecule has 0 aliphatic carbocycles. The maximum absolute atomic E-state index is 12.2. The molecule has 2 aromatic rings. The lowest BCUT2D eigenvalue weighted by molar-refractivity contribution is 0.594. The number of hydrogen-bond donors (Lipinski definition) is 2. The fourth-order valence-corrected chi connectivity index (χ4v) is 2.64. The fraction of sp³-hybridized carbons (Fsp3) is 0.444. The van der Waals surface area contributed by atoms with E-state index >= 15 is 0 Å². The van der Waals surface area contributed by atoms with Crippen molar-refractivity contribution in [1.82, 2.24) is 24.5 Å². The minimum atomic E-state index is -3.82. The molecule has 0 unspecified atom stereocenters. The Balaban J connectivity index is 2.32. The quantitative estimate of drug-likeness (QED) is 0.785. The molecule has 19 heavy (non-hydrogen) atoms. The first-order valence-corrected chi connectivity index (χ1v) is 7.12. The van der Waals surface area contributed by atoms with Crippen LogP contribution < -0.4 is 10.5 Å². The van der Waals surface area contributed by atoms with Crippen LogP contribution in [0.3, 0.4) is 0 Å². The maximum atomic E-state index is 12.2. The zero-order valence-electron chi connectivity index (χ0n) is 10.6. The molecule has 0 saturated heterocycles. The molecule has 0 spiro atoms. The van der Waals surface area contributed by atoms with Gasteiger partial charge in [-0.1, -0.05) is 6.92 Å². The monoisotopic (exact) mass is 285 g/mol. The highest BCUT2D eigenvalue weighted by Crippen LogP contribution is 2.19. The van der Waals surface area contributed by atoms with Gasteiger partial charge in [-0.15, -0.1) is 0 Å². The summed E-state index contributed by atoms with van der Waals surface area (Å²) in [6, 6.07) is 0. The van der Waals surface area contributed by atoms with Crippen molar-refractivity contribution in [3.05, 3.63) is 12.5 Å². The first-order valence-electron chi connectivity index (χ1n) is 5.63. The van der Waals surface area contributed by atoms with E-state index in [2.05, 4.69) is 19.9 Å². The average molecular weight is 285 g/mol. The number of aryl methyl sites for hydroxylation is 2. The van der Waals surface area contributed by atoms with E-state index in [9.17, 15) is 8.42 Å². The number of anilines is 2.